The molecule has 0 amide bonds. The van der Waals surface area contributed by atoms with Crippen LogP contribution in [0.5, 0.6) is 0 Å². The normalized spacial score (nSPS) is 40.0. The number of nitrogens with zero attached hydrogens (tertiary/aromatic N) is 1. The van der Waals surface area contributed by atoms with Gasteiger partial charge in [0.05, 0.1) is 0 Å². The fourth-order valence-electron chi connectivity index (χ4n) is 3.99. The summed E-state index contributed by atoms with van der Waals surface area (Å²) < 4.78 is 0. The van der Waals surface area contributed by atoms with E-state index >= 15 is 0 Å². The monoisotopic (exact) mass is 250 g/mol. The molecule has 0 aromatic rings. The predicted octanol–water partition coefficient (Wildman–Crippen LogP) is 3.03. The van der Waals surface area contributed by atoms with Crippen LogP contribution in [0, 0.1) is 11.8 Å². The molecule has 2 aliphatic carbocycles. The summed E-state index contributed by atoms with van der Waals surface area (Å²) in [6, 6.07) is 2.57. The van der Waals surface area contributed by atoms with Gasteiger partial charge < -0.3 is 10.2 Å². The van der Waals surface area contributed by atoms with E-state index in [0.717, 1.165) is 30.0 Å². The van der Waals surface area contributed by atoms with Crippen LogP contribution >= 0.6 is 0 Å². The molecule has 3 aliphatic rings. The summed E-state index contributed by atoms with van der Waals surface area (Å²) in [5.74, 6) is 1.79. The number of hydrogen-bond acceptors (Lipinski definition) is 2. The molecule has 3 rings (SSSR count). The molecule has 2 saturated carbocycles. The van der Waals surface area contributed by atoms with Crippen molar-refractivity contribution in [3.63, 3.8) is 0 Å². The summed E-state index contributed by atoms with van der Waals surface area (Å²) in [5.41, 5.74) is 0. The first kappa shape index (κ1) is 12.9. The molecule has 1 saturated heterocycles. The van der Waals surface area contributed by atoms with Crippen molar-refractivity contribution in [2.24, 2.45) is 11.8 Å². The summed E-state index contributed by atoms with van der Waals surface area (Å²) >= 11 is 0. The zero-order valence-electron chi connectivity index (χ0n) is 12.2. The fraction of sp³-hybridized carbons (Fsp3) is 1.00. The van der Waals surface area contributed by atoms with Gasteiger partial charge in [0.2, 0.25) is 0 Å². The van der Waals surface area contributed by atoms with Gasteiger partial charge in [0.15, 0.2) is 0 Å². The number of rotatable bonds is 3. The van der Waals surface area contributed by atoms with E-state index in [1.807, 2.05) is 0 Å². The molecule has 0 bridgehead atoms. The smallest absolute Gasteiger partial charge is 0.00978 e. The fourth-order valence-corrected chi connectivity index (χ4v) is 3.99. The third-order valence-corrected chi connectivity index (χ3v) is 5.75. The second kappa shape index (κ2) is 5.50. The van der Waals surface area contributed by atoms with Gasteiger partial charge in [0.25, 0.3) is 0 Å². The molecule has 0 radical (unpaired) electrons. The number of hydrogen-bond donors (Lipinski definition) is 1. The highest BCUT2D eigenvalue weighted by Crippen LogP contribution is 2.32. The van der Waals surface area contributed by atoms with Crippen molar-refractivity contribution in [3.8, 4) is 0 Å². The Morgan fingerprint density at radius 3 is 2.28 bits per heavy atom. The first-order valence-corrected chi connectivity index (χ1v) is 8.24. The quantitative estimate of drug-likeness (QED) is 0.828. The van der Waals surface area contributed by atoms with E-state index in [1.54, 1.807) is 0 Å². The van der Waals surface area contributed by atoms with E-state index in [2.05, 4.69) is 24.1 Å². The Morgan fingerprint density at radius 2 is 1.61 bits per heavy atom. The Bertz CT molecular complexity index is 266. The van der Waals surface area contributed by atoms with Crippen molar-refractivity contribution in [3.05, 3.63) is 0 Å². The SMILES string of the molecule is CC1CCCC(NC2CCN(C3CC3)CC2)C1C. The van der Waals surface area contributed by atoms with Gasteiger partial charge in [0, 0.05) is 18.1 Å². The first-order valence-electron chi connectivity index (χ1n) is 8.24. The van der Waals surface area contributed by atoms with Crippen molar-refractivity contribution >= 4 is 0 Å². The molecule has 1 aliphatic heterocycles. The van der Waals surface area contributed by atoms with Gasteiger partial charge in [-0.2, -0.15) is 0 Å². The Hall–Kier alpha value is -0.0800. The maximum atomic E-state index is 3.99. The first-order chi connectivity index (χ1) is 8.74. The Kier molecular flexibility index (Phi) is 3.95. The third-order valence-electron chi connectivity index (χ3n) is 5.75. The Labute approximate surface area is 113 Å². The molecule has 18 heavy (non-hydrogen) atoms. The van der Waals surface area contributed by atoms with Crippen LogP contribution in [0.2, 0.25) is 0 Å². The van der Waals surface area contributed by atoms with Crippen LogP contribution in [-0.2, 0) is 0 Å². The topological polar surface area (TPSA) is 15.3 Å². The molecule has 1 N–H and O–H groups in total. The van der Waals surface area contributed by atoms with Gasteiger partial charge in [-0.1, -0.05) is 26.7 Å². The van der Waals surface area contributed by atoms with E-state index in [1.165, 1.54) is 58.0 Å². The lowest BCUT2D eigenvalue weighted by Gasteiger charge is -2.40. The third kappa shape index (κ3) is 2.91. The van der Waals surface area contributed by atoms with Crippen molar-refractivity contribution in [2.45, 2.75) is 76.9 Å². The highest BCUT2D eigenvalue weighted by Gasteiger charge is 2.33. The molecule has 0 aromatic carbocycles. The standard InChI is InChI=1S/C16H30N2/c1-12-4-3-5-16(13(12)2)17-14-8-10-18(11-9-14)15-6-7-15/h12-17H,3-11H2,1-2H3. The molecule has 2 heteroatoms. The van der Waals surface area contributed by atoms with Gasteiger partial charge in [-0.3, -0.25) is 0 Å². The molecular weight excluding hydrogens is 220 g/mol. The van der Waals surface area contributed by atoms with Gasteiger partial charge >= 0.3 is 0 Å². The molecule has 3 unspecified atom stereocenters. The van der Waals surface area contributed by atoms with Crippen molar-refractivity contribution in [1.82, 2.24) is 10.2 Å². The summed E-state index contributed by atoms with van der Waals surface area (Å²) in [7, 11) is 0. The maximum Gasteiger partial charge on any atom is 0.00978 e. The molecule has 104 valence electrons. The van der Waals surface area contributed by atoms with E-state index in [0.29, 0.717) is 0 Å². The zero-order valence-corrected chi connectivity index (χ0v) is 12.2. The van der Waals surface area contributed by atoms with Crippen LogP contribution in [0.15, 0.2) is 0 Å². The minimum Gasteiger partial charge on any atom is -0.311 e. The van der Waals surface area contributed by atoms with Crippen LogP contribution < -0.4 is 5.32 Å². The lowest BCUT2D eigenvalue weighted by Crippen LogP contribution is -2.50. The molecule has 0 spiro atoms. The van der Waals surface area contributed by atoms with Crippen LogP contribution in [0.25, 0.3) is 0 Å². The van der Waals surface area contributed by atoms with Gasteiger partial charge in [-0.25, -0.2) is 0 Å². The van der Waals surface area contributed by atoms with Crippen LogP contribution in [0.4, 0.5) is 0 Å². The molecule has 1 heterocycles. The van der Waals surface area contributed by atoms with E-state index in [-0.39, 0.29) is 0 Å². The molecule has 0 aromatic heterocycles. The summed E-state index contributed by atoms with van der Waals surface area (Å²) in [6.07, 6.45) is 9.99. The van der Waals surface area contributed by atoms with Gasteiger partial charge in [0.1, 0.15) is 0 Å². The Morgan fingerprint density at radius 1 is 0.889 bits per heavy atom. The van der Waals surface area contributed by atoms with E-state index in [9.17, 15) is 0 Å². The van der Waals surface area contributed by atoms with E-state index < -0.39 is 0 Å². The highest BCUT2D eigenvalue weighted by molar-refractivity contribution is 4.91. The van der Waals surface area contributed by atoms with Gasteiger partial charge in [-0.15, -0.1) is 0 Å². The van der Waals surface area contributed by atoms with Crippen LogP contribution in [-0.4, -0.2) is 36.1 Å². The second-order valence-corrected chi connectivity index (χ2v) is 7.08. The lowest BCUT2D eigenvalue weighted by molar-refractivity contribution is 0.147. The Balaban J connectivity index is 1.45. The van der Waals surface area contributed by atoms with Crippen molar-refractivity contribution in [1.29, 1.82) is 0 Å². The highest BCUT2D eigenvalue weighted by atomic mass is 15.2. The minimum atomic E-state index is 0.797. The molecular formula is C16H30N2. The molecule has 2 nitrogen and oxygen atoms in total. The number of nitrogens with one attached hydrogen (secondary N) is 1. The maximum absolute atomic E-state index is 3.99. The average molecular weight is 250 g/mol. The summed E-state index contributed by atoms with van der Waals surface area (Å²) in [6.45, 7) is 7.59. The lowest BCUT2D eigenvalue weighted by atomic mass is 9.77. The van der Waals surface area contributed by atoms with Crippen LogP contribution in [0.1, 0.15) is 58.8 Å². The largest absolute Gasteiger partial charge is 0.311 e. The predicted molar refractivity (Wildman–Crippen MR) is 76.7 cm³/mol. The summed E-state index contributed by atoms with van der Waals surface area (Å²) in [4.78, 5) is 2.73. The van der Waals surface area contributed by atoms with Gasteiger partial charge in [-0.05, 0) is 57.0 Å². The molecule has 3 atom stereocenters. The van der Waals surface area contributed by atoms with Crippen molar-refractivity contribution in [2.75, 3.05) is 13.1 Å². The van der Waals surface area contributed by atoms with E-state index in [4.69, 9.17) is 0 Å². The summed E-state index contributed by atoms with van der Waals surface area (Å²) in [5, 5.41) is 3.99. The number of piperidine rings is 1. The average Bonchev–Trinajstić information content (AvgIpc) is 3.20. The van der Waals surface area contributed by atoms with Crippen molar-refractivity contribution < 1.29 is 0 Å². The number of likely N-dealkylation sites (tertiary alicyclic amines) is 1. The second-order valence-electron chi connectivity index (χ2n) is 7.08. The minimum absolute atomic E-state index is 0.797. The molecule has 3 fully saturated rings. The van der Waals surface area contributed by atoms with Crippen LogP contribution in [0.3, 0.4) is 0 Å². The zero-order chi connectivity index (χ0) is 12.5.